The lowest BCUT2D eigenvalue weighted by Gasteiger charge is -2.29. The molecule has 0 bridgehead atoms. The molecule has 0 radical (unpaired) electrons. The zero-order chi connectivity index (χ0) is 10.5. The van der Waals surface area contributed by atoms with Crippen LogP contribution in [0.15, 0.2) is 0 Å². The summed E-state index contributed by atoms with van der Waals surface area (Å²) in [5.41, 5.74) is 0. The largest absolute Gasteiger partial charge is 0.387 e. The normalized spacial score (nSPS) is 17.1. The first kappa shape index (κ1) is 12.8. The van der Waals surface area contributed by atoms with Gasteiger partial charge >= 0.3 is 0 Å². The molecule has 0 aromatic carbocycles. The van der Waals surface area contributed by atoms with E-state index in [9.17, 15) is 9.50 Å². The van der Waals surface area contributed by atoms with Crippen LogP contribution in [-0.2, 0) is 0 Å². The number of halogens is 1. The first-order chi connectivity index (χ1) is 5.90. The van der Waals surface area contributed by atoms with Gasteiger partial charge in [-0.3, -0.25) is 4.39 Å². The summed E-state index contributed by atoms with van der Waals surface area (Å²) in [7, 11) is 6.01. The van der Waals surface area contributed by atoms with Gasteiger partial charge in [-0.1, -0.05) is 13.3 Å². The van der Waals surface area contributed by atoms with Crippen molar-refractivity contribution in [2.45, 2.75) is 25.9 Å². The Hall–Kier alpha value is -0.150. The lowest BCUT2D eigenvalue weighted by Crippen LogP contribution is -2.44. The lowest BCUT2D eigenvalue weighted by atomic mass is 9.98. The van der Waals surface area contributed by atoms with Crippen LogP contribution in [0.5, 0.6) is 0 Å². The van der Waals surface area contributed by atoms with Crippen LogP contribution in [0.4, 0.5) is 4.39 Å². The van der Waals surface area contributed by atoms with Gasteiger partial charge < -0.3 is 9.59 Å². The van der Waals surface area contributed by atoms with E-state index in [0.29, 0.717) is 11.0 Å². The summed E-state index contributed by atoms with van der Waals surface area (Å²) in [5.74, 6) is -0.178. The van der Waals surface area contributed by atoms with Gasteiger partial charge in [0.15, 0.2) is 0 Å². The highest BCUT2D eigenvalue weighted by Crippen LogP contribution is 2.14. The average molecular weight is 192 g/mol. The molecule has 1 N–H and O–H groups in total. The van der Waals surface area contributed by atoms with E-state index in [1.807, 2.05) is 28.1 Å². The minimum atomic E-state index is -0.509. The highest BCUT2D eigenvalue weighted by atomic mass is 19.1. The van der Waals surface area contributed by atoms with Crippen LogP contribution < -0.4 is 0 Å². The molecule has 2 nitrogen and oxygen atoms in total. The first-order valence-corrected chi connectivity index (χ1v) is 4.95. The Balaban J connectivity index is 3.97. The molecule has 2 atom stereocenters. The summed E-state index contributed by atoms with van der Waals surface area (Å²) in [6.45, 7) is 2.23. The van der Waals surface area contributed by atoms with Gasteiger partial charge in [0.2, 0.25) is 0 Å². The Labute approximate surface area is 81.0 Å². The Morgan fingerprint density at radius 2 is 1.85 bits per heavy atom. The lowest BCUT2D eigenvalue weighted by molar-refractivity contribution is -0.874. The van der Waals surface area contributed by atoms with Gasteiger partial charge in [-0.2, -0.15) is 0 Å². The zero-order valence-corrected chi connectivity index (χ0v) is 9.26. The van der Waals surface area contributed by atoms with Crippen molar-refractivity contribution in [3.8, 4) is 0 Å². The van der Waals surface area contributed by atoms with Gasteiger partial charge in [0.1, 0.15) is 12.6 Å². The van der Waals surface area contributed by atoms with Gasteiger partial charge in [-0.25, -0.2) is 0 Å². The predicted octanol–water partition coefficient (Wildman–Crippen LogP) is 1.44. The van der Waals surface area contributed by atoms with Crippen LogP contribution in [0.2, 0.25) is 0 Å². The molecule has 3 heteroatoms. The van der Waals surface area contributed by atoms with Gasteiger partial charge in [0, 0.05) is 5.92 Å². The average Bonchev–Trinajstić information content (AvgIpc) is 1.96. The Morgan fingerprint density at radius 1 is 1.31 bits per heavy atom. The van der Waals surface area contributed by atoms with Gasteiger partial charge in [0.25, 0.3) is 0 Å². The Bertz CT molecular complexity index is 133. The molecule has 0 amide bonds. The minimum absolute atomic E-state index is 0.178. The zero-order valence-electron chi connectivity index (χ0n) is 9.26. The molecular weight excluding hydrogens is 169 g/mol. The van der Waals surface area contributed by atoms with E-state index in [4.69, 9.17) is 0 Å². The number of rotatable bonds is 6. The summed E-state index contributed by atoms with van der Waals surface area (Å²) in [4.78, 5) is 0. The molecule has 0 heterocycles. The van der Waals surface area contributed by atoms with Crippen molar-refractivity contribution in [2.24, 2.45) is 5.92 Å². The van der Waals surface area contributed by atoms with E-state index < -0.39 is 12.8 Å². The molecular formula is C10H23FNO+. The molecule has 0 aromatic rings. The molecule has 0 rings (SSSR count). The summed E-state index contributed by atoms with van der Waals surface area (Å²) in [6, 6.07) is 0. The van der Waals surface area contributed by atoms with Gasteiger partial charge in [-0.05, 0) is 6.42 Å². The van der Waals surface area contributed by atoms with E-state index >= 15 is 0 Å². The Kier molecular flexibility index (Phi) is 5.49. The number of alkyl halides is 1. The number of likely N-dealkylation sites (N-methyl/N-ethyl adjacent to an activating group) is 1. The van der Waals surface area contributed by atoms with Crippen LogP contribution in [0.1, 0.15) is 19.8 Å². The van der Waals surface area contributed by atoms with Crippen molar-refractivity contribution in [2.75, 3.05) is 34.4 Å². The first-order valence-electron chi connectivity index (χ1n) is 4.95. The topological polar surface area (TPSA) is 20.2 Å². The number of aliphatic hydroxyl groups excluding tert-OH is 1. The van der Waals surface area contributed by atoms with Crippen LogP contribution in [0, 0.1) is 5.92 Å². The molecule has 0 aromatic heterocycles. The maximum absolute atomic E-state index is 12.5. The number of hydrogen-bond donors (Lipinski definition) is 1. The minimum Gasteiger partial charge on any atom is -0.387 e. The molecule has 13 heavy (non-hydrogen) atoms. The molecule has 80 valence electrons. The van der Waals surface area contributed by atoms with E-state index in [2.05, 4.69) is 0 Å². The third-order valence-corrected chi connectivity index (χ3v) is 2.14. The van der Waals surface area contributed by atoms with Crippen LogP contribution in [0.3, 0.4) is 0 Å². The number of hydrogen-bond acceptors (Lipinski definition) is 1. The van der Waals surface area contributed by atoms with Crippen LogP contribution in [-0.4, -0.2) is 50.1 Å². The number of nitrogens with zero attached hydrogens (tertiary/aromatic N) is 1. The van der Waals surface area contributed by atoms with Gasteiger partial charge in [0.05, 0.1) is 27.8 Å². The van der Waals surface area contributed by atoms with Crippen molar-refractivity contribution in [3.63, 3.8) is 0 Å². The molecule has 0 fully saturated rings. The van der Waals surface area contributed by atoms with E-state index in [1.54, 1.807) is 0 Å². The fraction of sp³-hybridized carbons (Fsp3) is 1.00. The molecule has 0 saturated carbocycles. The van der Waals surface area contributed by atoms with E-state index in [1.165, 1.54) is 0 Å². The van der Waals surface area contributed by atoms with Crippen LogP contribution >= 0.6 is 0 Å². The quantitative estimate of drug-likeness (QED) is 0.631. The molecule has 0 saturated heterocycles. The standard InChI is InChI=1S/C10H23FNO/c1-5-6-9(7-11)10(13)8-12(2,3)4/h9-10,13H,5-8H2,1-4H3/q+1. The summed E-state index contributed by atoms with van der Waals surface area (Å²) < 4.78 is 13.2. The van der Waals surface area contributed by atoms with E-state index in [0.717, 1.165) is 12.8 Å². The SMILES string of the molecule is CCCC(CF)C(O)C[N+](C)(C)C. The molecule has 0 aliphatic heterocycles. The summed E-state index contributed by atoms with van der Waals surface area (Å²) >= 11 is 0. The summed E-state index contributed by atoms with van der Waals surface area (Å²) in [6.07, 6.45) is 1.20. The second-order valence-electron chi connectivity index (χ2n) is 4.74. The highest BCUT2D eigenvalue weighted by molar-refractivity contribution is 4.67. The second kappa shape index (κ2) is 5.55. The third-order valence-electron chi connectivity index (χ3n) is 2.14. The van der Waals surface area contributed by atoms with Crippen molar-refractivity contribution in [3.05, 3.63) is 0 Å². The molecule has 0 spiro atoms. The van der Waals surface area contributed by atoms with E-state index in [-0.39, 0.29) is 5.92 Å². The fourth-order valence-corrected chi connectivity index (χ4v) is 1.45. The number of quaternary nitrogens is 1. The number of aliphatic hydroxyl groups is 1. The second-order valence-corrected chi connectivity index (χ2v) is 4.74. The van der Waals surface area contributed by atoms with Crippen molar-refractivity contribution in [1.29, 1.82) is 0 Å². The maximum atomic E-state index is 12.5. The monoisotopic (exact) mass is 192 g/mol. The smallest absolute Gasteiger partial charge is 0.108 e. The summed E-state index contributed by atoms with van der Waals surface area (Å²) in [5, 5.41) is 9.72. The molecule has 0 aliphatic carbocycles. The third kappa shape index (κ3) is 5.99. The van der Waals surface area contributed by atoms with Gasteiger partial charge in [-0.15, -0.1) is 0 Å². The van der Waals surface area contributed by atoms with Crippen molar-refractivity contribution < 1.29 is 14.0 Å². The maximum Gasteiger partial charge on any atom is 0.108 e. The van der Waals surface area contributed by atoms with Crippen LogP contribution in [0.25, 0.3) is 0 Å². The van der Waals surface area contributed by atoms with Crippen molar-refractivity contribution >= 4 is 0 Å². The Morgan fingerprint density at radius 3 is 2.15 bits per heavy atom. The highest BCUT2D eigenvalue weighted by Gasteiger charge is 2.24. The molecule has 2 unspecified atom stereocenters. The molecule has 0 aliphatic rings. The van der Waals surface area contributed by atoms with Crippen molar-refractivity contribution in [1.82, 2.24) is 0 Å². The predicted molar refractivity (Wildman–Crippen MR) is 53.3 cm³/mol. The fourth-order valence-electron chi connectivity index (χ4n) is 1.45.